The van der Waals surface area contributed by atoms with Crippen molar-refractivity contribution >= 4 is 5.91 Å². The fourth-order valence-corrected chi connectivity index (χ4v) is 4.52. The summed E-state index contributed by atoms with van der Waals surface area (Å²) >= 11 is 0. The summed E-state index contributed by atoms with van der Waals surface area (Å²) < 4.78 is 1.92. The molecule has 1 aromatic heterocycles. The number of hydrogen-bond acceptors (Lipinski definition) is 2. The lowest BCUT2D eigenvalue weighted by Gasteiger charge is -2.43. The van der Waals surface area contributed by atoms with Crippen LogP contribution in [0.3, 0.4) is 0 Å². The summed E-state index contributed by atoms with van der Waals surface area (Å²) in [4.78, 5) is 15.1. The van der Waals surface area contributed by atoms with Gasteiger partial charge in [0.15, 0.2) is 0 Å². The number of aryl methyl sites for hydroxylation is 2. The molecule has 1 N–H and O–H groups in total. The van der Waals surface area contributed by atoms with Gasteiger partial charge in [0.2, 0.25) is 0 Å². The van der Waals surface area contributed by atoms with Gasteiger partial charge in [0.05, 0.1) is 5.60 Å². The molecule has 0 aromatic carbocycles. The Labute approximate surface area is 133 Å². The molecule has 0 spiro atoms. The van der Waals surface area contributed by atoms with E-state index in [0.717, 1.165) is 49.9 Å². The average Bonchev–Trinajstić information content (AvgIpc) is 3.05. The Morgan fingerprint density at radius 3 is 2.73 bits per heavy atom. The minimum atomic E-state index is -0.630. The quantitative estimate of drug-likeness (QED) is 0.913. The van der Waals surface area contributed by atoms with Crippen LogP contribution in [0.15, 0.2) is 12.3 Å². The van der Waals surface area contributed by atoms with Gasteiger partial charge in [-0.3, -0.25) is 4.79 Å². The Morgan fingerprint density at radius 1 is 1.32 bits per heavy atom. The Kier molecular flexibility index (Phi) is 4.06. The van der Waals surface area contributed by atoms with Gasteiger partial charge in [0.1, 0.15) is 5.69 Å². The largest absolute Gasteiger partial charge is 0.390 e. The first kappa shape index (κ1) is 15.6. The summed E-state index contributed by atoms with van der Waals surface area (Å²) in [5, 5.41) is 10.8. The maximum atomic E-state index is 13.0. The zero-order valence-corrected chi connectivity index (χ0v) is 14.0. The Hall–Kier alpha value is -1.29. The number of hydrogen-bond donors (Lipinski definition) is 1. The van der Waals surface area contributed by atoms with E-state index < -0.39 is 5.60 Å². The SMILES string of the molecule is Cc1ccn(C)c1C(=O)N1CCC[C@@H]1[C@H]1CCCC[C@@]1(C)O. The molecule has 2 fully saturated rings. The number of aromatic nitrogens is 1. The van der Waals surface area contributed by atoms with Crippen LogP contribution in [-0.4, -0.2) is 38.7 Å². The molecule has 2 aliphatic rings. The predicted molar refractivity (Wildman–Crippen MR) is 86.8 cm³/mol. The number of nitrogens with zero attached hydrogens (tertiary/aromatic N) is 2. The lowest BCUT2D eigenvalue weighted by atomic mass is 9.72. The summed E-state index contributed by atoms with van der Waals surface area (Å²) in [7, 11) is 1.93. The zero-order valence-electron chi connectivity index (χ0n) is 14.0. The smallest absolute Gasteiger partial charge is 0.271 e. The Balaban J connectivity index is 1.86. The van der Waals surface area contributed by atoms with Crippen molar-refractivity contribution in [1.29, 1.82) is 0 Å². The predicted octanol–water partition coefficient (Wildman–Crippen LogP) is 2.88. The molecule has 1 saturated heterocycles. The van der Waals surface area contributed by atoms with Gasteiger partial charge < -0.3 is 14.6 Å². The molecule has 2 heterocycles. The molecular formula is C18H28N2O2. The molecule has 4 heteroatoms. The van der Waals surface area contributed by atoms with E-state index >= 15 is 0 Å². The van der Waals surface area contributed by atoms with E-state index in [9.17, 15) is 9.90 Å². The minimum absolute atomic E-state index is 0.133. The molecule has 1 aliphatic carbocycles. The number of carbonyl (C=O) groups excluding carboxylic acids is 1. The molecule has 0 bridgehead atoms. The number of amides is 1. The minimum Gasteiger partial charge on any atom is -0.390 e. The molecule has 3 rings (SSSR count). The topological polar surface area (TPSA) is 45.5 Å². The second-order valence-electron chi connectivity index (χ2n) is 7.38. The van der Waals surface area contributed by atoms with Crippen LogP contribution in [0.1, 0.15) is 61.5 Å². The highest BCUT2D eigenvalue weighted by atomic mass is 16.3. The van der Waals surface area contributed by atoms with Crippen LogP contribution in [0.25, 0.3) is 0 Å². The van der Waals surface area contributed by atoms with E-state index in [1.165, 1.54) is 6.42 Å². The maximum Gasteiger partial charge on any atom is 0.271 e. The van der Waals surface area contributed by atoms with Crippen molar-refractivity contribution in [3.8, 4) is 0 Å². The fraction of sp³-hybridized carbons (Fsp3) is 0.722. The Morgan fingerprint density at radius 2 is 2.09 bits per heavy atom. The highest BCUT2D eigenvalue weighted by Crippen LogP contribution is 2.41. The van der Waals surface area contributed by atoms with Crippen molar-refractivity contribution in [3.05, 3.63) is 23.5 Å². The molecule has 0 radical (unpaired) electrons. The zero-order chi connectivity index (χ0) is 15.9. The number of aliphatic hydroxyl groups is 1. The molecule has 3 atom stereocenters. The molecule has 1 aromatic rings. The van der Waals surface area contributed by atoms with Crippen LogP contribution in [0.2, 0.25) is 0 Å². The lowest BCUT2D eigenvalue weighted by Crippen LogP contribution is -2.50. The van der Waals surface area contributed by atoms with E-state index in [2.05, 4.69) is 0 Å². The molecule has 4 nitrogen and oxygen atoms in total. The van der Waals surface area contributed by atoms with Crippen molar-refractivity contribution in [3.63, 3.8) is 0 Å². The summed E-state index contributed by atoms with van der Waals surface area (Å²) in [6.45, 7) is 4.78. The van der Waals surface area contributed by atoms with E-state index in [4.69, 9.17) is 0 Å². The standard InChI is InChI=1S/C18H28N2O2/c1-13-9-12-19(3)16(13)17(21)20-11-6-8-15(20)14-7-4-5-10-18(14,2)22/h9,12,14-15,22H,4-8,10-11H2,1-3H3/t14-,15-,18-/m1/s1. The highest BCUT2D eigenvalue weighted by molar-refractivity contribution is 5.94. The summed E-state index contributed by atoms with van der Waals surface area (Å²) in [6.07, 6.45) is 8.18. The van der Waals surface area contributed by atoms with Gasteiger partial charge in [0, 0.05) is 31.7 Å². The van der Waals surface area contributed by atoms with Crippen LogP contribution in [0, 0.1) is 12.8 Å². The van der Waals surface area contributed by atoms with E-state index in [-0.39, 0.29) is 17.9 Å². The maximum absolute atomic E-state index is 13.0. The van der Waals surface area contributed by atoms with E-state index in [0.29, 0.717) is 0 Å². The van der Waals surface area contributed by atoms with Gasteiger partial charge in [-0.05, 0) is 51.2 Å². The van der Waals surface area contributed by atoms with Gasteiger partial charge in [-0.15, -0.1) is 0 Å². The third-order valence-corrected chi connectivity index (χ3v) is 5.75. The van der Waals surface area contributed by atoms with E-state index in [1.54, 1.807) is 0 Å². The number of rotatable bonds is 2. The molecule has 1 aliphatic heterocycles. The van der Waals surface area contributed by atoms with Gasteiger partial charge in [0.25, 0.3) is 5.91 Å². The second kappa shape index (κ2) is 5.73. The third-order valence-electron chi connectivity index (χ3n) is 5.75. The first-order valence-corrected chi connectivity index (χ1v) is 8.57. The van der Waals surface area contributed by atoms with Crippen molar-refractivity contribution in [1.82, 2.24) is 9.47 Å². The average molecular weight is 304 g/mol. The van der Waals surface area contributed by atoms with Gasteiger partial charge in [-0.1, -0.05) is 12.8 Å². The van der Waals surface area contributed by atoms with Crippen molar-refractivity contribution in [2.75, 3.05) is 6.54 Å². The van der Waals surface area contributed by atoms with Gasteiger partial charge in [-0.25, -0.2) is 0 Å². The van der Waals surface area contributed by atoms with Crippen LogP contribution in [-0.2, 0) is 7.05 Å². The van der Waals surface area contributed by atoms with Crippen LogP contribution < -0.4 is 0 Å². The fourth-order valence-electron chi connectivity index (χ4n) is 4.52. The van der Waals surface area contributed by atoms with Crippen LogP contribution in [0.5, 0.6) is 0 Å². The summed E-state index contributed by atoms with van der Waals surface area (Å²) in [6, 6.07) is 2.19. The van der Waals surface area contributed by atoms with E-state index in [1.807, 2.05) is 42.6 Å². The van der Waals surface area contributed by atoms with Crippen molar-refractivity contribution in [2.45, 2.75) is 64.0 Å². The molecule has 0 unspecified atom stereocenters. The van der Waals surface area contributed by atoms with Crippen LogP contribution in [0.4, 0.5) is 0 Å². The molecule has 1 saturated carbocycles. The second-order valence-corrected chi connectivity index (χ2v) is 7.38. The summed E-state index contributed by atoms with van der Waals surface area (Å²) in [5.41, 5.74) is 1.20. The lowest BCUT2D eigenvalue weighted by molar-refractivity contribution is -0.0578. The van der Waals surface area contributed by atoms with Gasteiger partial charge >= 0.3 is 0 Å². The molecule has 22 heavy (non-hydrogen) atoms. The molecular weight excluding hydrogens is 276 g/mol. The third kappa shape index (κ3) is 2.58. The van der Waals surface area contributed by atoms with Crippen molar-refractivity contribution in [2.24, 2.45) is 13.0 Å². The normalized spacial score (nSPS) is 32.5. The van der Waals surface area contributed by atoms with Crippen molar-refractivity contribution < 1.29 is 9.90 Å². The van der Waals surface area contributed by atoms with Crippen LogP contribution >= 0.6 is 0 Å². The highest BCUT2D eigenvalue weighted by Gasteiger charge is 2.45. The molecule has 122 valence electrons. The monoisotopic (exact) mass is 304 g/mol. The first-order valence-electron chi connectivity index (χ1n) is 8.57. The Bertz CT molecular complexity index is 542. The number of likely N-dealkylation sites (tertiary alicyclic amines) is 1. The summed E-state index contributed by atoms with van der Waals surface area (Å²) in [5.74, 6) is 0.349. The first-order chi connectivity index (χ1) is 10.4. The number of carbonyl (C=O) groups is 1. The molecule has 1 amide bonds. The van der Waals surface area contributed by atoms with Gasteiger partial charge in [-0.2, -0.15) is 0 Å².